The SMILES string of the molecule is O=C(Nc1ccc(O)cn1)NC1CCOC1. The lowest BCUT2D eigenvalue weighted by atomic mass is 10.3. The molecular weight excluding hydrogens is 210 g/mol. The van der Waals surface area contributed by atoms with Gasteiger partial charge in [0, 0.05) is 6.61 Å². The van der Waals surface area contributed by atoms with Crippen LogP contribution in [-0.2, 0) is 4.74 Å². The number of carbonyl (C=O) groups is 1. The third kappa shape index (κ3) is 2.83. The Labute approximate surface area is 92.6 Å². The minimum Gasteiger partial charge on any atom is -0.506 e. The molecule has 1 fully saturated rings. The number of pyridine rings is 1. The number of rotatable bonds is 2. The summed E-state index contributed by atoms with van der Waals surface area (Å²) in [4.78, 5) is 15.3. The lowest BCUT2D eigenvalue weighted by Gasteiger charge is -2.11. The number of hydrogen-bond donors (Lipinski definition) is 3. The first kappa shape index (κ1) is 10.7. The van der Waals surface area contributed by atoms with E-state index in [9.17, 15) is 4.79 Å². The van der Waals surface area contributed by atoms with Gasteiger partial charge in [0.25, 0.3) is 0 Å². The fourth-order valence-electron chi connectivity index (χ4n) is 1.45. The van der Waals surface area contributed by atoms with E-state index < -0.39 is 0 Å². The maximum Gasteiger partial charge on any atom is 0.320 e. The number of anilines is 1. The van der Waals surface area contributed by atoms with E-state index >= 15 is 0 Å². The van der Waals surface area contributed by atoms with Crippen molar-refractivity contribution in [3.8, 4) is 5.75 Å². The summed E-state index contributed by atoms with van der Waals surface area (Å²) < 4.78 is 5.13. The van der Waals surface area contributed by atoms with Crippen LogP contribution in [0.1, 0.15) is 6.42 Å². The van der Waals surface area contributed by atoms with Crippen LogP contribution in [-0.4, -0.2) is 35.4 Å². The second-order valence-electron chi connectivity index (χ2n) is 3.56. The zero-order valence-electron chi connectivity index (χ0n) is 8.64. The van der Waals surface area contributed by atoms with Crippen LogP contribution in [0, 0.1) is 0 Å². The van der Waals surface area contributed by atoms with E-state index in [2.05, 4.69) is 15.6 Å². The Hall–Kier alpha value is -1.82. The van der Waals surface area contributed by atoms with Gasteiger partial charge in [-0.1, -0.05) is 0 Å². The van der Waals surface area contributed by atoms with Gasteiger partial charge in [0.05, 0.1) is 18.8 Å². The molecule has 1 aliphatic rings. The minimum atomic E-state index is -0.311. The van der Waals surface area contributed by atoms with Gasteiger partial charge >= 0.3 is 6.03 Å². The molecule has 1 aromatic rings. The summed E-state index contributed by atoms with van der Waals surface area (Å²) in [6, 6.07) is 2.74. The third-order valence-electron chi connectivity index (χ3n) is 2.25. The van der Waals surface area contributed by atoms with Gasteiger partial charge in [-0.05, 0) is 18.6 Å². The number of urea groups is 1. The van der Waals surface area contributed by atoms with Crippen LogP contribution in [0.4, 0.5) is 10.6 Å². The number of nitrogens with one attached hydrogen (secondary N) is 2. The molecule has 0 aromatic carbocycles. The van der Waals surface area contributed by atoms with E-state index in [1.807, 2.05) is 0 Å². The molecule has 0 saturated carbocycles. The maximum absolute atomic E-state index is 11.5. The summed E-state index contributed by atoms with van der Waals surface area (Å²) in [7, 11) is 0. The van der Waals surface area contributed by atoms with Crippen molar-refractivity contribution in [2.75, 3.05) is 18.5 Å². The van der Waals surface area contributed by atoms with Gasteiger partial charge in [-0.25, -0.2) is 9.78 Å². The van der Waals surface area contributed by atoms with Gasteiger partial charge in [0.15, 0.2) is 0 Å². The minimum absolute atomic E-state index is 0.0650. The summed E-state index contributed by atoms with van der Waals surface area (Å²) in [5.41, 5.74) is 0. The Kier molecular flexibility index (Phi) is 3.21. The van der Waals surface area contributed by atoms with Crippen LogP contribution < -0.4 is 10.6 Å². The quantitative estimate of drug-likeness (QED) is 0.689. The Morgan fingerprint density at radius 3 is 3.06 bits per heavy atom. The van der Waals surface area contributed by atoms with E-state index in [4.69, 9.17) is 9.84 Å². The fraction of sp³-hybridized carbons (Fsp3) is 0.400. The van der Waals surface area contributed by atoms with Crippen molar-refractivity contribution >= 4 is 11.8 Å². The number of aromatic hydroxyl groups is 1. The highest BCUT2D eigenvalue weighted by molar-refractivity contribution is 5.88. The van der Waals surface area contributed by atoms with Crippen molar-refractivity contribution in [2.45, 2.75) is 12.5 Å². The van der Waals surface area contributed by atoms with Crippen molar-refractivity contribution in [1.29, 1.82) is 0 Å². The normalized spacial score (nSPS) is 19.4. The molecule has 1 aliphatic heterocycles. The molecule has 0 aliphatic carbocycles. The molecule has 1 saturated heterocycles. The number of carbonyl (C=O) groups excluding carboxylic acids is 1. The monoisotopic (exact) mass is 223 g/mol. The molecule has 6 nitrogen and oxygen atoms in total. The highest BCUT2D eigenvalue weighted by Crippen LogP contribution is 2.09. The van der Waals surface area contributed by atoms with E-state index in [1.165, 1.54) is 18.3 Å². The molecule has 0 radical (unpaired) electrons. The molecular formula is C10H13N3O3. The number of aromatic nitrogens is 1. The maximum atomic E-state index is 11.5. The summed E-state index contributed by atoms with van der Waals surface area (Å²) in [6.45, 7) is 1.23. The zero-order chi connectivity index (χ0) is 11.4. The highest BCUT2D eigenvalue weighted by atomic mass is 16.5. The van der Waals surface area contributed by atoms with Gasteiger partial charge in [-0.3, -0.25) is 5.32 Å². The number of amides is 2. The van der Waals surface area contributed by atoms with E-state index in [-0.39, 0.29) is 17.8 Å². The topological polar surface area (TPSA) is 83.5 Å². The van der Waals surface area contributed by atoms with Crippen LogP contribution in [0.25, 0.3) is 0 Å². The molecule has 2 amide bonds. The molecule has 86 valence electrons. The van der Waals surface area contributed by atoms with E-state index in [0.717, 1.165) is 6.42 Å². The zero-order valence-corrected chi connectivity index (χ0v) is 8.64. The van der Waals surface area contributed by atoms with Crippen molar-refractivity contribution in [3.63, 3.8) is 0 Å². The second-order valence-corrected chi connectivity index (χ2v) is 3.56. The third-order valence-corrected chi connectivity index (χ3v) is 2.25. The number of ether oxygens (including phenoxy) is 1. The largest absolute Gasteiger partial charge is 0.506 e. The standard InChI is InChI=1S/C10H13N3O3/c14-8-1-2-9(11-5-8)13-10(15)12-7-3-4-16-6-7/h1-2,5,7,14H,3-4,6H2,(H2,11,12,13,15). The lowest BCUT2D eigenvalue weighted by Crippen LogP contribution is -2.38. The first-order valence-corrected chi connectivity index (χ1v) is 5.04. The molecule has 0 bridgehead atoms. The van der Waals surface area contributed by atoms with E-state index in [1.54, 1.807) is 0 Å². The number of hydrogen-bond acceptors (Lipinski definition) is 4. The van der Waals surface area contributed by atoms with Crippen LogP contribution in [0.2, 0.25) is 0 Å². The lowest BCUT2D eigenvalue weighted by molar-refractivity contribution is 0.189. The molecule has 0 spiro atoms. The van der Waals surface area contributed by atoms with E-state index in [0.29, 0.717) is 19.0 Å². The molecule has 1 atom stereocenters. The molecule has 3 N–H and O–H groups in total. The highest BCUT2D eigenvalue weighted by Gasteiger charge is 2.17. The molecule has 1 unspecified atom stereocenters. The average Bonchev–Trinajstić information content (AvgIpc) is 2.74. The van der Waals surface area contributed by atoms with Crippen molar-refractivity contribution in [3.05, 3.63) is 18.3 Å². The summed E-state index contributed by atoms with van der Waals surface area (Å²) in [6.07, 6.45) is 2.10. The summed E-state index contributed by atoms with van der Waals surface area (Å²) in [5.74, 6) is 0.462. The predicted molar refractivity (Wildman–Crippen MR) is 57.3 cm³/mol. The Morgan fingerprint density at radius 2 is 2.44 bits per heavy atom. The van der Waals surface area contributed by atoms with Gasteiger partial charge in [-0.2, -0.15) is 0 Å². The average molecular weight is 223 g/mol. The Morgan fingerprint density at radius 1 is 1.56 bits per heavy atom. The van der Waals surface area contributed by atoms with Crippen LogP contribution >= 0.6 is 0 Å². The molecule has 2 rings (SSSR count). The van der Waals surface area contributed by atoms with Crippen molar-refractivity contribution in [2.24, 2.45) is 0 Å². The molecule has 2 heterocycles. The van der Waals surface area contributed by atoms with Crippen molar-refractivity contribution < 1.29 is 14.6 Å². The van der Waals surface area contributed by atoms with Crippen molar-refractivity contribution in [1.82, 2.24) is 10.3 Å². The summed E-state index contributed by atoms with van der Waals surface area (Å²) in [5, 5.41) is 14.3. The Bertz CT molecular complexity index is 360. The molecule has 16 heavy (non-hydrogen) atoms. The van der Waals surface area contributed by atoms with Gasteiger partial charge < -0.3 is 15.2 Å². The van der Waals surface area contributed by atoms with Crippen LogP contribution in [0.3, 0.4) is 0 Å². The number of nitrogens with zero attached hydrogens (tertiary/aromatic N) is 1. The first-order chi connectivity index (χ1) is 7.74. The smallest absolute Gasteiger partial charge is 0.320 e. The van der Waals surface area contributed by atoms with Crippen LogP contribution in [0.5, 0.6) is 5.75 Å². The summed E-state index contributed by atoms with van der Waals surface area (Å²) >= 11 is 0. The first-order valence-electron chi connectivity index (χ1n) is 5.04. The van der Waals surface area contributed by atoms with Gasteiger partial charge in [0.2, 0.25) is 0 Å². The predicted octanol–water partition coefficient (Wildman–Crippen LogP) is 0.698. The van der Waals surface area contributed by atoms with Gasteiger partial charge in [-0.15, -0.1) is 0 Å². The molecule has 1 aromatic heterocycles. The fourth-order valence-corrected chi connectivity index (χ4v) is 1.45. The second kappa shape index (κ2) is 4.80. The van der Waals surface area contributed by atoms with Crippen LogP contribution in [0.15, 0.2) is 18.3 Å². The Balaban J connectivity index is 1.84. The van der Waals surface area contributed by atoms with Gasteiger partial charge in [0.1, 0.15) is 11.6 Å². The molecule has 6 heteroatoms.